The Morgan fingerprint density at radius 3 is 2.44 bits per heavy atom. The second kappa shape index (κ2) is 6.83. The van der Waals surface area contributed by atoms with Crippen LogP contribution in [0.2, 0.25) is 0 Å². The molecule has 0 saturated heterocycles. The van der Waals surface area contributed by atoms with Gasteiger partial charge in [0.15, 0.2) is 0 Å². The van der Waals surface area contributed by atoms with Crippen molar-refractivity contribution in [1.29, 1.82) is 0 Å². The Labute approximate surface area is 119 Å². The highest BCUT2D eigenvalue weighted by Gasteiger charge is 2.23. The van der Waals surface area contributed by atoms with Crippen molar-refractivity contribution in [2.45, 2.75) is 9.83 Å². The molecule has 0 saturated carbocycles. The highest BCUT2D eigenvalue weighted by atomic mass is 35.6. The summed E-state index contributed by atoms with van der Waals surface area (Å²) in [5.74, 6) is 0. The summed E-state index contributed by atoms with van der Waals surface area (Å²) in [6.45, 7) is -0.399. The van der Waals surface area contributed by atoms with E-state index in [0.29, 0.717) is 11.8 Å². The van der Waals surface area contributed by atoms with E-state index in [4.69, 9.17) is 34.8 Å². The molecule has 0 spiro atoms. The summed E-state index contributed by atoms with van der Waals surface area (Å²) in [6.07, 6.45) is -0.242. The lowest BCUT2D eigenvalue weighted by Gasteiger charge is -2.15. The first-order chi connectivity index (χ1) is 8.42. The van der Waals surface area contributed by atoms with E-state index >= 15 is 0 Å². The molecule has 98 valence electrons. The number of carbonyl (C=O) groups is 2. The number of nitrogens with one attached hydrogen (secondary N) is 1. The highest BCUT2D eigenvalue weighted by molar-refractivity contribution is 6.67. The van der Waals surface area contributed by atoms with E-state index in [1.807, 2.05) is 0 Å². The van der Waals surface area contributed by atoms with Crippen molar-refractivity contribution in [1.82, 2.24) is 5.32 Å². The molecule has 4 nitrogen and oxygen atoms in total. The van der Waals surface area contributed by atoms with Gasteiger partial charge in [0.2, 0.25) is 3.79 Å². The maximum atomic E-state index is 11.4. The number of ether oxygens (including phenoxy) is 1. The van der Waals surface area contributed by atoms with Crippen LogP contribution in [0.3, 0.4) is 0 Å². The Morgan fingerprint density at radius 2 is 1.94 bits per heavy atom. The van der Waals surface area contributed by atoms with Gasteiger partial charge in [-0.1, -0.05) is 65.1 Å². The SMILES string of the molecule is O=CC(NC(=O)OCC(Cl)(Cl)Cl)c1ccccc1. The van der Waals surface area contributed by atoms with Crippen molar-refractivity contribution in [3.63, 3.8) is 0 Å². The van der Waals surface area contributed by atoms with Gasteiger partial charge in [-0.2, -0.15) is 0 Å². The van der Waals surface area contributed by atoms with Crippen LogP contribution in [-0.2, 0) is 9.53 Å². The summed E-state index contributed by atoms with van der Waals surface area (Å²) in [5.41, 5.74) is 0.637. The van der Waals surface area contributed by atoms with E-state index in [2.05, 4.69) is 10.1 Å². The maximum Gasteiger partial charge on any atom is 0.408 e. The van der Waals surface area contributed by atoms with Gasteiger partial charge in [-0.25, -0.2) is 4.79 Å². The minimum atomic E-state index is -1.68. The summed E-state index contributed by atoms with van der Waals surface area (Å²) >= 11 is 16.3. The predicted molar refractivity (Wildman–Crippen MR) is 70.0 cm³/mol. The number of hydrogen-bond donors (Lipinski definition) is 1. The van der Waals surface area contributed by atoms with E-state index in [1.54, 1.807) is 30.3 Å². The summed E-state index contributed by atoms with van der Waals surface area (Å²) < 4.78 is 2.98. The quantitative estimate of drug-likeness (QED) is 0.687. The van der Waals surface area contributed by atoms with Crippen LogP contribution in [0.25, 0.3) is 0 Å². The second-order valence-corrected chi connectivity index (χ2v) is 5.88. The molecule has 0 aromatic heterocycles. The predicted octanol–water partition coefficient (Wildman–Crippen LogP) is 3.02. The second-order valence-electron chi connectivity index (χ2n) is 3.36. The zero-order valence-corrected chi connectivity index (χ0v) is 11.4. The standard InChI is InChI=1S/C11H10Cl3NO3/c12-11(13,14)7-18-10(17)15-9(6-16)8-4-2-1-3-5-8/h1-6,9H,7H2,(H,15,17). The van der Waals surface area contributed by atoms with Gasteiger partial charge in [-0.05, 0) is 5.56 Å². The lowest BCUT2D eigenvalue weighted by molar-refractivity contribution is -0.109. The summed E-state index contributed by atoms with van der Waals surface area (Å²) in [7, 11) is 0. The van der Waals surface area contributed by atoms with Crippen LogP contribution in [0.4, 0.5) is 4.79 Å². The van der Waals surface area contributed by atoms with Crippen molar-refractivity contribution in [2.75, 3.05) is 6.61 Å². The molecule has 1 unspecified atom stereocenters. The number of benzene rings is 1. The number of aldehydes is 1. The molecule has 1 amide bonds. The van der Waals surface area contributed by atoms with E-state index in [1.165, 1.54) is 0 Å². The van der Waals surface area contributed by atoms with Crippen LogP contribution in [0, 0.1) is 0 Å². The fourth-order valence-corrected chi connectivity index (χ4v) is 1.34. The molecule has 0 fully saturated rings. The fourth-order valence-electron chi connectivity index (χ4n) is 1.17. The molecular weight excluding hydrogens is 300 g/mol. The van der Waals surface area contributed by atoms with Gasteiger partial charge in [0, 0.05) is 0 Å². The minimum absolute atomic E-state index is 0.399. The van der Waals surface area contributed by atoms with Crippen molar-refractivity contribution >= 4 is 47.2 Å². The Hall–Kier alpha value is -0.970. The van der Waals surface area contributed by atoms with Gasteiger partial charge in [-0.15, -0.1) is 0 Å². The fraction of sp³-hybridized carbons (Fsp3) is 0.273. The Balaban J connectivity index is 2.54. The van der Waals surface area contributed by atoms with Crippen molar-refractivity contribution < 1.29 is 14.3 Å². The van der Waals surface area contributed by atoms with E-state index in [0.717, 1.165) is 0 Å². The largest absolute Gasteiger partial charge is 0.445 e. The first-order valence-electron chi connectivity index (χ1n) is 4.92. The van der Waals surface area contributed by atoms with E-state index in [-0.39, 0.29) is 0 Å². The molecule has 1 atom stereocenters. The zero-order valence-electron chi connectivity index (χ0n) is 9.11. The molecular formula is C11H10Cl3NO3. The molecule has 7 heteroatoms. The molecule has 0 aliphatic rings. The molecule has 1 N–H and O–H groups in total. The smallest absolute Gasteiger partial charge is 0.408 e. The molecule has 0 bridgehead atoms. The van der Waals surface area contributed by atoms with Crippen LogP contribution in [0.1, 0.15) is 11.6 Å². The van der Waals surface area contributed by atoms with Gasteiger partial charge in [0.05, 0.1) is 0 Å². The minimum Gasteiger partial charge on any atom is -0.445 e. The van der Waals surface area contributed by atoms with Crippen LogP contribution < -0.4 is 5.32 Å². The van der Waals surface area contributed by atoms with Crippen molar-refractivity contribution in [3.05, 3.63) is 35.9 Å². The van der Waals surface area contributed by atoms with Crippen LogP contribution in [0.15, 0.2) is 30.3 Å². The molecule has 0 radical (unpaired) electrons. The highest BCUT2D eigenvalue weighted by Crippen LogP contribution is 2.25. The summed E-state index contributed by atoms with van der Waals surface area (Å²) in [5, 5.41) is 2.35. The molecule has 0 aliphatic carbocycles. The van der Waals surface area contributed by atoms with Crippen LogP contribution >= 0.6 is 34.8 Å². The van der Waals surface area contributed by atoms with Crippen LogP contribution in [-0.4, -0.2) is 22.8 Å². The molecule has 1 rings (SSSR count). The molecule has 0 heterocycles. The lowest BCUT2D eigenvalue weighted by Crippen LogP contribution is -2.32. The average molecular weight is 311 g/mol. The Kier molecular flexibility index (Phi) is 5.72. The topological polar surface area (TPSA) is 55.4 Å². The van der Waals surface area contributed by atoms with Gasteiger partial charge in [0.1, 0.15) is 18.9 Å². The number of amides is 1. The average Bonchev–Trinajstić information content (AvgIpc) is 2.33. The monoisotopic (exact) mass is 309 g/mol. The summed E-state index contributed by atoms with van der Waals surface area (Å²) in [6, 6.07) is 7.91. The number of hydrogen-bond acceptors (Lipinski definition) is 3. The maximum absolute atomic E-state index is 11.4. The van der Waals surface area contributed by atoms with E-state index < -0.39 is 22.5 Å². The van der Waals surface area contributed by atoms with Gasteiger partial charge >= 0.3 is 6.09 Å². The number of carbonyl (C=O) groups excluding carboxylic acids is 2. The van der Waals surface area contributed by atoms with E-state index in [9.17, 15) is 9.59 Å². The first kappa shape index (κ1) is 15.1. The Morgan fingerprint density at radius 1 is 1.33 bits per heavy atom. The molecule has 18 heavy (non-hydrogen) atoms. The lowest BCUT2D eigenvalue weighted by atomic mass is 10.1. The Bertz CT molecular complexity index is 406. The normalized spacial score (nSPS) is 12.6. The van der Waals surface area contributed by atoms with Crippen molar-refractivity contribution in [2.24, 2.45) is 0 Å². The van der Waals surface area contributed by atoms with Crippen molar-refractivity contribution in [3.8, 4) is 0 Å². The zero-order chi connectivity index (χ0) is 13.6. The molecule has 1 aromatic rings. The first-order valence-corrected chi connectivity index (χ1v) is 6.06. The molecule has 0 aliphatic heterocycles. The number of alkyl halides is 3. The third-order valence-corrected chi connectivity index (χ3v) is 2.26. The van der Waals surface area contributed by atoms with Crippen LogP contribution in [0.5, 0.6) is 0 Å². The van der Waals surface area contributed by atoms with Gasteiger partial charge < -0.3 is 14.8 Å². The van der Waals surface area contributed by atoms with Gasteiger partial charge in [-0.3, -0.25) is 0 Å². The molecule has 1 aromatic carbocycles. The summed E-state index contributed by atoms with van der Waals surface area (Å²) in [4.78, 5) is 22.3. The number of rotatable bonds is 4. The third kappa shape index (κ3) is 5.58. The van der Waals surface area contributed by atoms with Gasteiger partial charge in [0.25, 0.3) is 0 Å². The number of halogens is 3. The number of alkyl carbamates (subject to hydrolysis) is 1. The third-order valence-electron chi connectivity index (χ3n) is 1.94.